The molecule has 0 bridgehead atoms. The molecular weight excluding hydrogens is 268 g/mol. The average Bonchev–Trinajstić information content (AvgIpc) is 2.82. The minimum absolute atomic E-state index is 0.0285. The Kier molecular flexibility index (Phi) is 4.29. The predicted octanol–water partition coefficient (Wildman–Crippen LogP) is -2.97. The lowest BCUT2D eigenvalue weighted by Crippen LogP contribution is -2.44. The Morgan fingerprint density at radius 3 is 2.70 bits per heavy atom. The summed E-state index contributed by atoms with van der Waals surface area (Å²) in [7, 11) is 0. The second kappa shape index (κ2) is 5.96. The number of aliphatic hydroxyl groups is 3. The van der Waals surface area contributed by atoms with Crippen LogP contribution in [0.5, 0.6) is 0 Å². The van der Waals surface area contributed by atoms with E-state index in [0.717, 1.165) is 0 Å². The van der Waals surface area contributed by atoms with E-state index in [4.69, 9.17) is 15.9 Å². The molecule has 0 saturated heterocycles. The monoisotopic (exact) mass is 284 g/mol. The van der Waals surface area contributed by atoms with Crippen molar-refractivity contribution >= 4 is 17.0 Å². The molecule has 0 amide bonds. The smallest absolute Gasteiger partial charge is 0.280 e. The van der Waals surface area contributed by atoms with Crippen molar-refractivity contribution in [2.75, 3.05) is 18.9 Å². The minimum Gasteiger partial charge on any atom is -0.395 e. The van der Waals surface area contributed by atoms with Gasteiger partial charge < -0.3 is 26.4 Å². The number of aromatic nitrogens is 4. The van der Waals surface area contributed by atoms with Crippen LogP contribution in [0, 0.1) is 0 Å². The molecule has 0 aromatic carbocycles. The third-order valence-corrected chi connectivity index (χ3v) is 2.89. The van der Waals surface area contributed by atoms with E-state index in [-0.39, 0.29) is 24.6 Å². The zero-order valence-corrected chi connectivity index (χ0v) is 10.5. The van der Waals surface area contributed by atoms with E-state index < -0.39 is 24.3 Å². The van der Waals surface area contributed by atoms with Crippen molar-refractivity contribution in [2.24, 2.45) is 0 Å². The Morgan fingerprint density at radius 1 is 1.30 bits per heavy atom. The van der Waals surface area contributed by atoms with E-state index in [2.05, 4.69) is 25.5 Å². The fourth-order valence-electron chi connectivity index (χ4n) is 1.78. The highest BCUT2D eigenvalue weighted by Crippen LogP contribution is 2.10. The van der Waals surface area contributed by atoms with Gasteiger partial charge in [-0.3, -0.25) is 14.9 Å². The van der Waals surface area contributed by atoms with Gasteiger partial charge in [-0.1, -0.05) is 0 Å². The Hall–Kier alpha value is -2.01. The maximum atomic E-state index is 11.6. The lowest BCUT2D eigenvalue weighted by molar-refractivity contribution is 0.0409. The predicted molar refractivity (Wildman–Crippen MR) is 69.7 cm³/mol. The number of nitrogens with two attached hydrogens (primary N) is 1. The number of rotatable bonds is 6. The van der Waals surface area contributed by atoms with Crippen LogP contribution in [0.1, 0.15) is 5.69 Å². The van der Waals surface area contributed by atoms with E-state index in [1.807, 2.05) is 0 Å². The summed E-state index contributed by atoms with van der Waals surface area (Å²) in [4.78, 5) is 17.9. The second-order valence-electron chi connectivity index (χ2n) is 4.27. The molecule has 0 radical (unpaired) electrons. The fourth-order valence-corrected chi connectivity index (χ4v) is 1.78. The normalized spacial score (nSPS) is 14.6. The van der Waals surface area contributed by atoms with Crippen molar-refractivity contribution in [1.82, 2.24) is 25.5 Å². The largest absolute Gasteiger partial charge is 0.395 e. The van der Waals surface area contributed by atoms with E-state index in [1.54, 1.807) is 0 Å². The van der Waals surface area contributed by atoms with Gasteiger partial charge >= 0.3 is 0 Å². The van der Waals surface area contributed by atoms with E-state index in [0.29, 0.717) is 11.2 Å². The first kappa shape index (κ1) is 14.4. The SMILES string of the molecule is Nc1nc2c(CNC(CO)C(O)CO)[nH]nc2c(=O)[nH]1. The molecule has 10 heteroatoms. The van der Waals surface area contributed by atoms with Crippen molar-refractivity contribution in [2.45, 2.75) is 18.7 Å². The lowest BCUT2D eigenvalue weighted by Gasteiger charge is -2.20. The molecule has 0 spiro atoms. The van der Waals surface area contributed by atoms with Crippen molar-refractivity contribution in [3.8, 4) is 0 Å². The third kappa shape index (κ3) is 2.77. The maximum Gasteiger partial charge on any atom is 0.280 e. The molecule has 0 aliphatic heterocycles. The van der Waals surface area contributed by atoms with Gasteiger partial charge in [0.15, 0.2) is 5.52 Å². The van der Waals surface area contributed by atoms with Gasteiger partial charge in [-0.25, -0.2) is 4.98 Å². The molecule has 2 atom stereocenters. The highest BCUT2D eigenvalue weighted by molar-refractivity contribution is 5.76. The highest BCUT2D eigenvalue weighted by Gasteiger charge is 2.18. The molecule has 0 fully saturated rings. The summed E-state index contributed by atoms with van der Waals surface area (Å²) >= 11 is 0. The standard InChI is InChI=1S/C10H16N6O4/c11-10-13-7-4(15-16-8(7)9(20)14-10)1-12-5(2-17)6(19)3-18/h5-6,12,17-19H,1-3H2,(H,15,16)(H3,11,13,14,20). The van der Waals surface area contributed by atoms with Crippen molar-refractivity contribution in [3.05, 3.63) is 16.0 Å². The first-order valence-electron chi connectivity index (χ1n) is 5.92. The van der Waals surface area contributed by atoms with Crippen LogP contribution in [0.4, 0.5) is 5.95 Å². The number of aliphatic hydroxyl groups excluding tert-OH is 3. The molecular formula is C10H16N6O4. The summed E-state index contributed by atoms with van der Waals surface area (Å²) in [6, 6.07) is -0.710. The first-order chi connectivity index (χ1) is 9.56. The van der Waals surface area contributed by atoms with Gasteiger partial charge in [0.25, 0.3) is 5.56 Å². The molecule has 0 aliphatic carbocycles. The summed E-state index contributed by atoms with van der Waals surface area (Å²) in [5, 5.41) is 36.7. The summed E-state index contributed by atoms with van der Waals surface area (Å²) in [5.41, 5.74) is 5.93. The van der Waals surface area contributed by atoms with Gasteiger partial charge in [-0.15, -0.1) is 0 Å². The van der Waals surface area contributed by atoms with Crippen molar-refractivity contribution < 1.29 is 15.3 Å². The third-order valence-electron chi connectivity index (χ3n) is 2.89. The number of hydrogen-bond donors (Lipinski definition) is 7. The van der Waals surface area contributed by atoms with Gasteiger partial charge in [0.1, 0.15) is 5.52 Å². The molecule has 0 aliphatic rings. The van der Waals surface area contributed by atoms with Crippen LogP contribution in [0.3, 0.4) is 0 Å². The first-order valence-corrected chi connectivity index (χ1v) is 5.92. The number of aromatic amines is 2. The van der Waals surface area contributed by atoms with E-state index >= 15 is 0 Å². The van der Waals surface area contributed by atoms with Gasteiger partial charge in [0, 0.05) is 6.54 Å². The molecule has 2 aromatic rings. The Bertz CT molecular complexity index is 638. The summed E-state index contributed by atoms with van der Waals surface area (Å²) in [6.45, 7) is -0.675. The molecule has 0 saturated carbocycles. The van der Waals surface area contributed by atoms with Gasteiger partial charge in [0.2, 0.25) is 5.95 Å². The van der Waals surface area contributed by atoms with E-state index in [9.17, 15) is 9.90 Å². The number of anilines is 1. The molecule has 2 rings (SSSR count). The number of fused-ring (bicyclic) bond motifs is 1. The molecule has 8 N–H and O–H groups in total. The summed E-state index contributed by atoms with van der Waals surface area (Å²) in [6.07, 6.45) is -1.10. The molecule has 110 valence electrons. The number of hydrogen-bond acceptors (Lipinski definition) is 8. The fraction of sp³-hybridized carbons (Fsp3) is 0.500. The number of nitrogen functional groups attached to an aromatic ring is 1. The van der Waals surface area contributed by atoms with Crippen molar-refractivity contribution in [3.63, 3.8) is 0 Å². The molecule has 2 unspecified atom stereocenters. The van der Waals surface area contributed by atoms with Crippen LogP contribution in [0.2, 0.25) is 0 Å². The molecule has 10 nitrogen and oxygen atoms in total. The zero-order chi connectivity index (χ0) is 14.7. The molecule has 2 heterocycles. The number of H-pyrrole nitrogens is 2. The Balaban J connectivity index is 2.20. The van der Waals surface area contributed by atoms with Crippen LogP contribution in [0.25, 0.3) is 11.0 Å². The summed E-state index contributed by atoms with van der Waals surface area (Å²) in [5.74, 6) is -0.0285. The summed E-state index contributed by atoms with van der Waals surface area (Å²) < 4.78 is 0. The van der Waals surface area contributed by atoms with Gasteiger partial charge in [0.05, 0.1) is 31.1 Å². The van der Waals surface area contributed by atoms with Crippen LogP contribution < -0.4 is 16.6 Å². The minimum atomic E-state index is -1.10. The van der Waals surface area contributed by atoms with Crippen LogP contribution in [-0.2, 0) is 6.54 Å². The quantitative estimate of drug-likeness (QED) is 0.294. The number of nitrogens with zero attached hydrogens (tertiary/aromatic N) is 2. The molecule has 2 aromatic heterocycles. The Labute approximate surface area is 112 Å². The van der Waals surface area contributed by atoms with Crippen molar-refractivity contribution in [1.29, 1.82) is 0 Å². The van der Waals surface area contributed by atoms with Crippen LogP contribution in [0.15, 0.2) is 4.79 Å². The maximum absolute atomic E-state index is 11.6. The zero-order valence-electron chi connectivity index (χ0n) is 10.5. The van der Waals surface area contributed by atoms with Gasteiger partial charge in [-0.2, -0.15) is 5.10 Å². The van der Waals surface area contributed by atoms with E-state index in [1.165, 1.54) is 0 Å². The van der Waals surface area contributed by atoms with Crippen LogP contribution >= 0.6 is 0 Å². The van der Waals surface area contributed by atoms with Gasteiger partial charge in [-0.05, 0) is 0 Å². The average molecular weight is 284 g/mol. The Morgan fingerprint density at radius 2 is 2.05 bits per heavy atom. The lowest BCUT2D eigenvalue weighted by atomic mass is 10.2. The second-order valence-corrected chi connectivity index (χ2v) is 4.27. The van der Waals surface area contributed by atoms with Crippen LogP contribution in [-0.4, -0.2) is 60.8 Å². The highest BCUT2D eigenvalue weighted by atomic mass is 16.3. The topological polar surface area (TPSA) is 173 Å². The molecule has 20 heavy (non-hydrogen) atoms. The number of nitrogens with one attached hydrogen (secondary N) is 3.